The smallest absolute Gasteiger partial charge is 0.225 e. The molecule has 4 rings (SSSR count). The molecule has 2 fully saturated rings. The van der Waals surface area contributed by atoms with E-state index < -0.39 is 0 Å². The summed E-state index contributed by atoms with van der Waals surface area (Å²) < 4.78 is 0. The van der Waals surface area contributed by atoms with E-state index in [0.29, 0.717) is 12.0 Å². The lowest BCUT2D eigenvalue weighted by atomic mass is 10.2. The zero-order chi connectivity index (χ0) is 16.4. The van der Waals surface area contributed by atoms with Crippen LogP contribution in [0.4, 0.5) is 17.5 Å². The first-order chi connectivity index (χ1) is 11.8. The molecule has 0 aliphatic heterocycles. The number of hydrogen-bond acceptors (Lipinski definition) is 5. The molecule has 1 aromatic heterocycles. The Hall–Kier alpha value is -1.75. The molecule has 0 saturated heterocycles. The van der Waals surface area contributed by atoms with Gasteiger partial charge < -0.3 is 10.6 Å². The van der Waals surface area contributed by atoms with Gasteiger partial charge in [-0.15, -0.1) is 11.8 Å². The van der Waals surface area contributed by atoms with Gasteiger partial charge in [-0.3, -0.25) is 0 Å². The van der Waals surface area contributed by atoms with Crippen LogP contribution < -0.4 is 10.6 Å². The first-order valence-corrected chi connectivity index (χ1v) is 10.1. The van der Waals surface area contributed by atoms with Crippen LogP contribution in [-0.2, 0) is 0 Å². The van der Waals surface area contributed by atoms with Gasteiger partial charge in [-0.25, -0.2) is 4.98 Å². The Kier molecular flexibility index (Phi) is 4.60. The van der Waals surface area contributed by atoms with E-state index in [0.717, 1.165) is 17.5 Å². The fraction of sp³-hybridized carbons (Fsp3) is 0.474. The standard InChI is InChI=1S/C19H24N4S/c1-24-17-9-5-4-8-15(17)21-18-12-16(13-10-11-13)22-19(23-18)20-14-6-2-3-7-14/h4-5,8-9,12-14H,2-3,6-7,10-11H2,1H3,(H2,20,21,22,23). The van der Waals surface area contributed by atoms with Crippen molar-refractivity contribution in [3.05, 3.63) is 36.0 Å². The Labute approximate surface area is 147 Å². The third-order valence-electron chi connectivity index (χ3n) is 4.80. The van der Waals surface area contributed by atoms with Gasteiger partial charge in [0.05, 0.1) is 11.4 Å². The van der Waals surface area contributed by atoms with Gasteiger partial charge in [-0.2, -0.15) is 4.98 Å². The minimum absolute atomic E-state index is 0.533. The van der Waals surface area contributed by atoms with Crippen LogP contribution in [0.25, 0.3) is 0 Å². The molecule has 0 amide bonds. The molecule has 0 unspecified atom stereocenters. The Bertz CT molecular complexity index is 708. The summed E-state index contributed by atoms with van der Waals surface area (Å²) in [5.74, 6) is 2.30. The summed E-state index contributed by atoms with van der Waals surface area (Å²) in [4.78, 5) is 10.7. The zero-order valence-corrected chi connectivity index (χ0v) is 14.9. The number of rotatable bonds is 6. The van der Waals surface area contributed by atoms with Crippen molar-refractivity contribution in [2.75, 3.05) is 16.9 Å². The van der Waals surface area contributed by atoms with E-state index in [1.807, 2.05) is 0 Å². The number of para-hydroxylation sites is 1. The van der Waals surface area contributed by atoms with Crippen molar-refractivity contribution in [1.82, 2.24) is 9.97 Å². The molecule has 2 aromatic rings. The maximum absolute atomic E-state index is 4.78. The van der Waals surface area contributed by atoms with E-state index in [1.165, 1.54) is 49.1 Å². The quantitative estimate of drug-likeness (QED) is 0.710. The van der Waals surface area contributed by atoms with E-state index in [-0.39, 0.29) is 0 Å². The maximum Gasteiger partial charge on any atom is 0.225 e. The monoisotopic (exact) mass is 340 g/mol. The summed E-state index contributed by atoms with van der Waals surface area (Å²) >= 11 is 1.75. The van der Waals surface area contributed by atoms with Crippen LogP contribution >= 0.6 is 11.8 Å². The molecule has 2 aliphatic rings. The Morgan fingerprint density at radius 3 is 2.58 bits per heavy atom. The van der Waals surface area contributed by atoms with E-state index in [9.17, 15) is 0 Å². The Morgan fingerprint density at radius 1 is 1.04 bits per heavy atom. The molecule has 0 atom stereocenters. The fourth-order valence-electron chi connectivity index (χ4n) is 3.32. The third-order valence-corrected chi connectivity index (χ3v) is 5.60. The molecule has 5 heteroatoms. The first-order valence-electron chi connectivity index (χ1n) is 8.87. The van der Waals surface area contributed by atoms with E-state index in [2.05, 4.69) is 47.2 Å². The zero-order valence-electron chi connectivity index (χ0n) is 14.1. The van der Waals surface area contributed by atoms with Crippen molar-refractivity contribution in [3.63, 3.8) is 0 Å². The number of aromatic nitrogens is 2. The van der Waals surface area contributed by atoms with Gasteiger partial charge in [-0.1, -0.05) is 25.0 Å². The van der Waals surface area contributed by atoms with Crippen molar-refractivity contribution in [1.29, 1.82) is 0 Å². The molecule has 2 saturated carbocycles. The van der Waals surface area contributed by atoms with E-state index in [4.69, 9.17) is 9.97 Å². The number of benzene rings is 1. The highest BCUT2D eigenvalue weighted by molar-refractivity contribution is 7.98. The highest BCUT2D eigenvalue weighted by Crippen LogP contribution is 2.40. The van der Waals surface area contributed by atoms with Crippen LogP contribution in [0.1, 0.15) is 50.1 Å². The molecular formula is C19H24N4S. The second-order valence-corrected chi connectivity index (χ2v) is 7.58. The van der Waals surface area contributed by atoms with Crippen molar-refractivity contribution in [2.45, 2.75) is 55.4 Å². The summed E-state index contributed by atoms with van der Waals surface area (Å²) in [7, 11) is 0. The Balaban J connectivity index is 1.60. The molecule has 2 aliphatic carbocycles. The van der Waals surface area contributed by atoms with Crippen molar-refractivity contribution in [3.8, 4) is 0 Å². The maximum atomic E-state index is 4.78. The number of hydrogen-bond donors (Lipinski definition) is 2. The molecule has 0 spiro atoms. The van der Waals surface area contributed by atoms with Crippen LogP contribution in [0.2, 0.25) is 0 Å². The lowest BCUT2D eigenvalue weighted by Crippen LogP contribution is -2.17. The minimum Gasteiger partial charge on any atom is -0.351 e. The molecule has 1 aromatic carbocycles. The van der Waals surface area contributed by atoms with Gasteiger partial charge in [0.2, 0.25) is 5.95 Å². The molecular weight excluding hydrogens is 316 g/mol. The van der Waals surface area contributed by atoms with Gasteiger partial charge in [-0.05, 0) is 44.1 Å². The first kappa shape index (κ1) is 15.8. The molecule has 0 radical (unpaired) electrons. The predicted octanol–water partition coefficient (Wildman–Crippen LogP) is 5.17. The molecule has 4 nitrogen and oxygen atoms in total. The number of thioether (sulfide) groups is 1. The van der Waals surface area contributed by atoms with Crippen LogP contribution in [0.3, 0.4) is 0 Å². The second kappa shape index (κ2) is 7.01. The predicted molar refractivity (Wildman–Crippen MR) is 101 cm³/mol. The van der Waals surface area contributed by atoms with Gasteiger partial charge in [0.15, 0.2) is 0 Å². The molecule has 126 valence electrons. The summed E-state index contributed by atoms with van der Waals surface area (Å²) in [6.07, 6.45) is 9.69. The average molecular weight is 340 g/mol. The Morgan fingerprint density at radius 2 is 1.83 bits per heavy atom. The SMILES string of the molecule is CSc1ccccc1Nc1cc(C2CC2)nc(NC2CCCC2)n1. The summed E-state index contributed by atoms with van der Waals surface area (Å²) in [5.41, 5.74) is 2.28. The fourth-order valence-corrected chi connectivity index (χ4v) is 3.88. The van der Waals surface area contributed by atoms with Crippen molar-refractivity contribution >= 4 is 29.2 Å². The summed E-state index contributed by atoms with van der Waals surface area (Å²) in [6, 6.07) is 11.0. The minimum atomic E-state index is 0.533. The van der Waals surface area contributed by atoms with E-state index in [1.54, 1.807) is 11.8 Å². The van der Waals surface area contributed by atoms with E-state index >= 15 is 0 Å². The highest BCUT2D eigenvalue weighted by atomic mass is 32.2. The third kappa shape index (κ3) is 3.66. The van der Waals surface area contributed by atoms with Crippen LogP contribution in [-0.4, -0.2) is 22.3 Å². The largest absolute Gasteiger partial charge is 0.351 e. The topological polar surface area (TPSA) is 49.8 Å². The average Bonchev–Trinajstić information content (AvgIpc) is 3.33. The van der Waals surface area contributed by atoms with Crippen molar-refractivity contribution in [2.24, 2.45) is 0 Å². The molecule has 24 heavy (non-hydrogen) atoms. The molecule has 0 bridgehead atoms. The molecule has 2 N–H and O–H groups in total. The van der Waals surface area contributed by atoms with Gasteiger partial charge >= 0.3 is 0 Å². The van der Waals surface area contributed by atoms with Crippen LogP contribution in [0, 0.1) is 0 Å². The van der Waals surface area contributed by atoms with Crippen LogP contribution in [0.15, 0.2) is 35.2 Å². The normalized spacial score (nSPS) is 17.9. The molecule has 1 heterocycles. The number of anilines is 3. The number of nitrogens with one attached hydrogen (secondary N) is 2. The number of nitrogens with zero attached hydrogens (tertiary/aromatic N) is 2. The summed E-state index contributed by atoms with van der Waals surface area (Å²) in [6.45, 7) is 0. The summed E-state index contributed by atoms with van der Waals surface area (Å²) in [5, 5.41) is 7.05. The van der Waals surface area contributed by atoms with Crippen molar-refractivity contribution < 1.29 is 0 Å². The van der Waals surface area contributed by atoms with Gasteiger partial charge in [0.25, 0.3) is 0 Å². The lowest BCUT2D eigenvalue weighted by Gasteiger charge is -2.15. The van der Waals surface area contributed by atoms with Gasteiger partial charge in [0, 0.05) is 22.9 Å². The highest BCUT2D eigenvalue weighted by Gasteiger charge is 2.27. The van der Waals surface area contributed by atoms with Gasteiger partial charge in [0.1, 0.15) is 5.82 Å². The second-order valence-electron chi connectivity index (χ2n) is 6.73. The lowest BCUT2D eigenvalue weighted by molar-refractivity contribution is 0.742. The van der Waals surface area contributed by atoms with Crippen LogP contribution in [0.5, 0.6) is 0 Å².